The van der Waals surface area contributed by atoms with Gasteiger partial charge in [0.25, 0.3) is 0 Å². The molecule has 0 aliphatic carbocycles. The largest absolute Gasteiger partial charge is 0.444 e. The number of rotatable bonds is 7. The summed E-state index contributed by atoms with van der Waals surface area (Å²) in [6.45, 7) is -0.105. The van der Waals surface area contributed by atoms with Crippen molar-refractivity contribution in [2.24, 2.45) is 0 Å². The van der Waals surface area contributed by atoms with E-state index in [1.807, 2.05) is 12.3 Å². The van der Waals surface area contributed by atoms with E-state index in [0.29, 0.717) is 48.4 Å². The van der Waals surface area contributed by atoms with Crippen LogP contribution in [0.25, 0.3) is 16.5 Å². The zero-order chi connectivity index (χ0) is 32.5. The maximum absolute atomic E-state index is 13.1. The van der Waals surface area contributed by atoms with Gasteiger partial charge in [-0.2, -0.15) is 26.3 Å². The number of hydrogen-bond donors (Lipinski definition) is 1. The summed E-state index contributed by atoms with van der Waals surface area (Å²) in [6, 6.07) is 6.01. The first-order chi connectivity index (χ1) is 21.2. The number of fused-ring (bicyclic) bond motifs is 1. The van der Waals surface area contributed by atoms with Gasteiger partial charge in [-0.25, -0.2) is 4.79 Å². The summed E-state index contributed by atoms with van der Waals surface area (Å²) in [6.07, 6.45) is -6.97. The monoisotopic (exact) mass is 674 g/mol. The fraction of sp³-hybridized carbons (Fsp3) is 0.357. The van der Waals surface area contributed by atoms with Crippen LogP contribution in [0.5, 0.6) is 0 Å². The summed E-state index contributed by atoms with van der Waals surface area (Å²) in [7, 11) is 0. The molecule has 17 heteroatoms. The summed E-state index contributed by atoms with van der Waals surface area (Å²) in [5.41, 5.74) is -1.60. The highest BCUT2D eigenvalue weighted by molar-refractivity contribution is 8.17. The lowest BCUT2D eigenvalue weighted by Gasteiger charge is -2.29. The Hall–Kier alpha value is -3.86. The highest BCUT2D eigenvalue weighted by Gasteiger charge is 2.37. The molecule has 0 bridgehead atoms. The van der Waals surface area contributed by atoms with E-state index in [1.165, 1.54) is 23.5 Å². The van der Waals surface area contributed by atoms with Crippen LogP contribution in [0.2, 0.25) is 0 Å². The molecule has 45 heavy (non-hydrogen) atoms. The number of ether oxygens (including phenoxy) is 1. The molecule has 2 aliphatic heterocycles. The fourth-order valence-corrected chi connectivity index (χ4v) is 6.83. The molecule has 1 N–H and O–H groups in total. The van der Waals surface area contributed by atoms with Crippen LogP contribution in [0.15, 0.2) is 47.0 Å². The number of hydrogen-bond acceptors (Lipinski definition) is 8. The van der Waals surface area contributed by atoms with E-state index in [0.717, 1.165) is 11.1 Å². The molecule has 3 aromatic rings. The van der Waals surface area contributed by atoms with E-state index >= 15 is 0 Å². The first-order valence-corrected chi connectivity index (χ1v) is 15.6. The quantitative estimate of drug-likeness (QED) is 0.285. The number of benzene rings is 2. The lowest BCUT2D eigenvalue weighted by molar-refractivity contribution is -0.143. The minimum absolute atomic E-state index is 0.00947. The molecule has 1 atom stereocenters. The molecule has 0 spiro atoms. The predicted octanol–water partition coefficient (Wildman–Crippen LogP) is 6.45. The maximum atomic E-state index is 13.1. The van der Waals surface area contributed by atoms with Gasteiger partial charge in [-0.1, -0.05) is 17.3 Å². The average molecular weight is 675 g/mol. The molecular formula is C28H24F6N4O5S2. The van der Waals surface area contributed by atoms with E-state index < -0.39 is 41.7 Å². The van der Waals surface area contributed by atoms with Crippen molar-refractivity contribution in [1.29, 1.82) is 0 Å². The van der Waals surface area contributed by atoms with Crippen LogP contribution in [-0.4, -0.2) is 69.2 Å². The van der Waals surface area contributed by atoms with Crippen LogP contribution >= 0.6 is 23.5 Å². The number of thioether (sulfide) groups is 2. The molecule has 1 aromatic heterocycles. The number of anilines is 1. The fourth-order valence-electron chi connectivity index (χ4n) is 4.81. The van der Waals surface area contributed by atoms with Crippen LogP contribution < -0.4 is 5.32 Å². The first kappa shape index (κ1) is 32.5. The number of nitrogens with zero attached hydrogens (tertiary/aromatic N) is 3. The smallest absolute Gasteiger partial charge is 0.416 e. The minimum Gasteiger partial charge on any atom is -0.444 e. The first-order valence-electron chi connectivity index (χ1n) is 13.3. The Labute approximate surface area is 260 Å². The highest BCUT2D eigenvalue weighted by atomic mass is 32.2. The lowest BCUT2D eigenvalue weighted by atomic mass is 9.98. The summed E-state index contributed by atoms with van der Waals surface area (Å²) in [4.78, 5) is 40.7. The Balaban J connectivity index is 1.23. The molecule has 2 aromatic carbocycles. The van der Waals surface area contributed by atoms with Crippen molar-refractivity contribution in [3.8, 4) is 0 Å². The van der Waals surface area contributed by atoms with Crippen LogP contribution in [0.3, 0.4) is 0 Å². The third-order valence-corrected chi connectivity index (χ3v) is 9.67. The summed E-state index contributed by atoms with van der Waals surface area (Å²) in [5.74, 6) is 0.0602. The molecule has 3 amide bonds. The zero-order valence-corrected chi connectivity index (χ0v) is 25.0. The van der Waals surface area contributed by atoms with E-state index in [2.05, 4.69) is 10.5 Å². The minimum atomic E-state index is -5.04. The third kappa shape index (κ3) is 7.52. The SMILES string of the molecule is CSC1SCC(=O)N1CC(=O)N1CC=C(c2ccc3onc(NC(=O)OCc4cc(C(F)(F)F)cc(C(F)(F)F)c4)c3c2)CC1. The number of carbonyl (C=O) groups excluding carboxylic acids is 3. The zero-order valence-electron chi connectivity index (χ0n) is 23.3. The van der Waals surface area contributed by atoms with Gasteiger partial charge in [0.2, 0.25) is 11.8 Å². The summed E-state index contributed by atoms with van der Waals surface area (Å²) < 4.78 is 88.8. The summed E-state index contributed by atoms with van der Waals surface area (Å²) >= 11 is 3.00. The van der Waals surface area contributed by atoms with Gasteiger partial charge >= 0.3 is 18.4 Å². The molecule has 1 fully saturated rings. The van der Waals surface area contributed by atoms with Crippen molar-refractivity contribution in [3.63, 3.8) is 0 Å². The Bertz CT molecular complexity index is 1630. The average Bonchev–Trinajstić information content (AvgIpc) is 3.56. The number of amides is 3. The van der Waals surface area contributed by atoms with Crippen LogP contribution in [0.1, 0.15) is 28.7 Å². The second kappa shape index (κ2) is 12.9. The number of alkyl halides is 6. The van der Waals surface area contributed by atoms with Gasteiger partial charge in [0.15, 0.2) is 11.4 Å². The van der Waals surface area contributed by atoms with Crippen molar-refractivity contribution >= 4 is 63.8 Å². The van der Waals surface area contributed by atoms with Crippen molar-refractivity contribution < 1.29 is 50.0 Å². The van der Waals surface area contributed by atoms with E-state index in [9.17, 15) is 40.7 Å². The van der Waals surface area contributed by atoms with Crippen LogP contribution in [0, 0.1) is 0 Å². The molecule has 240 valence electrons. The third-order valence-electron chi connectivity index (χ3n) is 7.07. The van der Waals surface area contributed by atoms with E-state index in [-0.39, 0.29) is 34.9 Å². The topological polar surface area (TPSA) is 105 Å². The van der Waals surface area contributed by atoms with Crippen molar-refractivity contribution in [1.82, 2.24) is 15.0 Å². The van der Waals surface area contributed by atoms with Gasteiger partial charge < -0.3 is 19.1 Å². The van der Waals surface area contributed by atoms with Gasteiger partial charge in [-0.05, 0) is 59.7 Å². The molecule has 9 nitrogen and oxygen atoms in total. The molecule has 5 rings (SSSR count). The lowest BCUT2D eigenvalue weighted by Crippen LogP contribution is -2.44. The predicted molar refractivity (Wildman–Crippen MR) is 155 cm³/mol. The Morgan fingerprint density at radius 2 is 1.82 bits per heavy atom. The van der Waals surface area contributed by atoms with Crippen LogP contribution in [-0.2, 0) is 33.3 Å². The molecule has 1 saturated heterocycles. The second-order valence-electron chi connectivity index (χ2n) is 10.1. The Kier molecular flexibility index (Phi) is 9.30. The molecular weight excluding hydrogens is 650 g/mol. The molecule has 3 heterocycles. The van der Waals surface area contributed by atoms with E-state index in [1.54, 1.807) is 28.0 Å². The van der Waals surface area contributed by atoms with Crippen molar-refractivity contribution in [3.05, 3.63) is 64.7 Å². The maximum Gasteiger partial charge on any atom is 0.416 e. The van der Waals surface area contributed by atoms with Gasteiger partial charge in [0, 0.05) is 13.1 Å². The van der Waals surface area contributed by atoms with Gasteiger partial charge in [-0.3, -0.25) is 14.9 Å². The normalized spacial score (nSPS) is 17.5. The summed E-state index contributed by atoms with van der Waals surface area (Å²) in [5, 5.41) is 6.46. The number of aromatic nitrogens is 1. The van der Waals surface area contributed by atoms with Crippen molar-refractivity contribution in [2.75, 3.05) is 37.0 Å². The van der Waals surface area contributed by atoms with Gasteiger partial charge in [-0.15, -0.1) is 23.5 Å². The molecule has 1 unspecified atom stereocenters. The number of nitrogens with one attached hydrogen (secondary N) is 1. The van der Waals surface area contributed by atoms with Crippen molar-refractivity contribution in [2.45, 2.75) is 30.1 Å². The van der Waals surface area contributed by atoms with E-state index in [4.69, 9.17) is 9.26 Å². The standard InChI is InChI=1S/C28H24F6N4O5S2/c1-44-26-38(23(40)14-45-26)12-22(39)37-6-4-16(5-7-37)17-2-3-21-20(10-17)24(36-43-21)35-25(41)42-13-15-8-18(27(29,30)31)11-19(9-15)28(32,33)34/h2-4,8-11,26H,5-7,12-14H2,1H3,(H,35,36,41). The number of carbonyl (C=O) groups is 3. The van der Waals surface area contributed by atoms with Gasteiger partial charge in [0.1, 0.15) is 17.9 Å². The van der Waals surface area contributed by atoms with Gasteiger partial charge in [0.05, 0.1) is 22.3 Å². The Morgan fingerprint density at radius 1 is 1.11 bits per heavy atom. The molecule has 0 radical (unpaired) electrons. The van der Waals surface area contributed by atoms with Crippen LogP contribution in [0.4, 0.5) is 37.0 Å². The molecule has 0 saturated carbocycles. The Morgan fingerprint density at radius 3 is 2.44 bits per heavy atom. The molecule has 2 aliphatic rings. The number of halogens is 6. The highest BCUT2D eigenvalue weighted by Crippen LogP contribution is 2.37. The second-order valence-corrected chi connectivity index (χ2v) is 12.3.